The fraction of sp³-hybridized carbons (Fsp3) is 0.467. The molecule has 3 rings (SSSR count). The Morgan fingerprint density at radius 3 is 3.04 bits per heavy atom. The third-order valence-electron chi connectivity index (χ3n) is 4.01. The standard InChI is InChI=1S/C15H20FN7O/c1-21(15(24)20-12-6-19-22(2)8-12)9-13-5-11(16)7-23(13)14-3-4-17-10-18-14/h3-4,6,8,10-11,13H,5,7,9H2,1-2H3,(H,20,24)/t11-,13-/m0/s1. The molecule has 8 nitrogen and oxygen atoms in total. The number of rotatable bonds is 4. The number of aromatic nitrogens is 4. The zero-order valence-corrected chi connectivity index (χ0v) is 13.6. The van der Waals surface area contributed by atoms with Crippen LogP contribution in [0.2, 0.25) is 0 Å². The number of halogens is 1. The maximum absolute atomic E-state index is 13.9. The number of nitrogens with zero attached hydrogens (tertiary/aromatic N) is 6. The summed E-state index contributed by atoms with van der Waals surface area (Å²) in [7, 11) is 3.47. The van der Waals surface area contributed by atoms with Crippen LogP contribution in [0.1, 0.15) is 6.42 Å². The Morgan fingerprint density at radius 1 is 1.54 bits per heavy atom. The number of carbonyl (C=O) groups excluding carboxylic acids is 1. The van der Waals surface area contributed by atoms with Crippen LogP contribution in [0, 0.1) is 0 Å². The average Bonchev–Trinajstić information content (AvgIpc) is 3.13. The molecule has 0 saturated carbocycles. The molecule has 1 saturated heterocycles. The minimum absolute atomic E-state index is 0.125. The molecule has 1 aliphatic heterocycles. The molecule has 9 heteroatoms. The zero-order chi connectivity index (χ0) is 17.1. The van der Waals surface area contributed by atoms with E-state index in [2.05, 4.69) is 20.4 Å². The molecule has 0 aliphatic carbocycles. The van der Waals surface area contributed by atoms with E-state index in [1.165, 1.54) is 6.33 Å². The highest BCUT2D eigenvalue weighted by atomic mass is 19.1. The van der Waals surface area contributed by atoms with E-state index in [-0.39, 0.29) is 18.6 Å². The molecule has 0 unspecified atom stereocenters. The Bertz CT molecular complexity index is 692. The summed E-state index contributed by atoms with van der Waals surface area (Å²) >= 11 is 0. The fourth-order valence-electron chi connectivity index (χ4n) is 2.87. The number of anilines is 2. The van der Waals surface area contributed by atoms with Crippen molar-refractivity contribution in [1.82, 2.24) is 24.6 Å². The van der Waals surface area contributed by atoms with Gasteiger partial charge in [-0.3, -0.25) is 4.68 Å². The van der Waals surface area contributed by atoms with Crippen molar-refractivity contribution in [3.8, 4) is 0 Å². The van der Waals surface area contributed by atoms with Gasteiger partial charge in [-0.1, -0.05) is 0 Å². The van der Waals surface area contributed by atoms with Gasteiger partial charge in [-0.25, -0.2) is 19.2 Å². The lowest BCUT2D eigenvalue weighted by molar-refractivity contribution is 0.218. The molecule has 2 atom stereocenters. The van der Waals surface area contributed by atoms with Crippen LogP contribution in [0.3, 0.4) is 0 Å². The summed E-state index contributed by atoms with van der Waals surface area (Å²) in [5, 5.41) is 6.77. The van der Waals surface area contributed by atoms with Gasteiger partial charge in [0.05, 0.1) is 24.5 Å². The second kappa shape index (κ2) is 6.81. The van der Waals surface area contributed by atoms with Gasteiger partial charge >= 0.3 is 6.03 Å². The van der Waals surface area contributed by atoms with Crippen LogP contribution in [0.5, 0.6) is 0 Å². The van der Waals surface area contributed by atoms with Gasteiger partial charge < -0.3 is 15.1 Å². The van der Waals surface area contributed by atoms with Crippen molar-refractivity contribution in [2.24, 2.45) is 7.05 Å². The van der Waals surface area contributed by atoms with Crippen LogP contribution in [-0.2, 0) is 7.05 Å². The van der Waals surface area contributed by atoms with Crippen molar-refractivity contribution in [2.45, 2.75) is 18.6 Å². The number of hydrogen-bond donors (Lipinski definition) is 1. The molecule has 1 fully saturated rings. The molecular formula is C15H20FN7O. The van der Waals surface area contributed by atoms with Gasteiger partial charge in [0.25, 0.3) is 0 Å². The molecule has 2 aromatic heterocycles. The van der Waals surface area contributed by atoms with E-state index in [1.54, 1.807) is 48.3 Å². The van der Waals surface area contributed by atoms with E-state index in [9.17, 15) is 9.18 Å². The van der Waals surface area contributed by atoms with Crippen LogP contribution in [0.15, 0.2) is 31.0 Å². The van der Waals surface area contributed by atoms with Gasteiger partial charge in [-0.15, -0.1) is 0 Å². The normalized spacial score (nSPS) is 20.2. The maximum Gasteiger partial charge on any atom is 0.321 e. The molecule has 0 radical (unpaired) electrons. The number of urea groups is 1. The van der Waals surface area contributed by atoms with Crippen molar-refractivity contribution >= 4 is 17.5 Å². The summed E-state index contributed by atoms with van der Waals surface area (Å²) in [4.78, 5) is 23.8. The fourth-order valence-corrected chi connectivity index (χ4v) is 2.87. The predicted molar refractivity (Wildman–Crippen MR) is 87.5 cm³/mol. The molecule has 128 valence electrons. The summed E-state index contributed by atoms with van der Waals surface area (Å²) in [5.74, 6) is 0.677. The summed E-state index contributed by atoms with van der Waals surface area (Å²) in [5.41, 5.74) is 0.622. The Balaban J connectivity index is 1.63. The molecule has 24 heavy (non-hydrogen) atoms. The number of alkyl halides is 1. The Hall–Kier alpha value is -2.71. The molecule has 2 amide bonds. The number of carbonyl (C=O) groups is 1. The summed E-state index contributed by atoms with van der Waals surface area (Å²) < 4.78 is 15.5. The van der Waals surface area contributed by atoms with Crippen molar-refractivity contribution in [1.29, 1.82) is 0 Å². The molecular weight excluding hydrogens is 313 g/mol. The smallest absolute Gasteiger partial charge is 0.321 e. The van der Waals surface area contributed by atoms with E-state index in [4.69, 9.17) is 0 Å². The highest BCUT2D eigenvalue weighted by molar-refractivity contribution is 5.88. The van der Waals surface area contributed by atoms with Crippen LogP contribution in [0.25, 0.3) is 0 Å². The molecule has 1 N–H and O–H groups in total. The Kier molecular flexibility index (Phi) is 4.59. The van der Waals surface area contributed by atoms with Gasteiger partial charge in [-0.2, -0.15) is 5.10 Å². The van der Waals surface area contributed by atoms with Crippen LogP contribution >= 0.6 is 0 Å². The predicted octanol–water partition coefficient (Wildman–Crippen LogP) is 1.29. The number of likely N-dealkylation sites (N-methyl/N-ethyl adjacent to an activating group) is 1. The monoisotopic (exact) mass is 333 g/mol. The van der Waals surface area contributed by atoms with E-state index >= 15 is 0 Å². The Labute approximate surface area is 139 Å². The van der Waals surface area contributed by atoms with Crippen molar-refractivity contribution in [3.05, 3.63) is 31.0 Å². The van der Waals surface area contributed by atoms with Gasteiger partial charge in [-0.05, 0) is 6.07 Å². The molecule has 0 spiro atoms. The summed E-state index contributed by atoms with van der Waals surface area (Å²) in [6.45, 7) is 0.677. The molecule has 0 bridgehead atoms. The van der Waals surface area contributed by atoms with E-state index < -0.39 is 6.17 Å². The zero-order valence-electron chi connectivity index (χ0n) is 13.6. The average molecular weight is 333 g/mol. The van der Waals surface area contributed by atoms with Crippen LogP contribution < -0.4 is 10.2 Å². The third kappa shape index (κ3) is 3.61. The van der Waals surface area contributed by atoms with E-state index in [0.717, 1.165) is 0 Å². The number of aryl methyl sites for hydroxylation is 1. The van der Waals surface area contributed by atoms with Crippen LogP contribution in [-0.4, -0.2) is 63.0 Å². The minimum atomic E-state index is -0.931. The summed E-state index contributed by atoms with van der Waals surface area (Å²) in [6.07, 6.45) is 5.80. The van der Waals surface area contributed by atoms with Gasteiger partial charge in [0.15, 0.2) is 0 Å². The van der Waals surface area contributed by atoms with E-state index in [0.29, 0.717) is 24.5 Å². The number of hydrogen-bond acceptors (Lipinski definition) is 5. The Morgan fingerprint density at radius 2 is 2.38 bits per heavy atom. The topological polar surface area (TPSA) is 79.2 Å². The SMILES string of the molecule is CN(C[C@@H]1C[C@H](F)CN1c1ccncn1)C(=O)Nc1cnn(C)c1. The summed E-state index contributed by atoms with van der Waals surface area (Å²) in [6, 6.07) is 1.37. The first-order valence-electron chi connectivity index (χ1n) is 7.70. The highest BCUT2D eigenvalue weighted by Crippen LogP contribution is 2.26. The number of nitrogens with one attached hydrogen (secondary N) is 1. The lowest BCUT2D eigenvalue weighted by Crippen LogP contribution is -2.43. The van der Waals surface area contributed by atoms with Gasteiger partial charge in [0.2, 0.25) is 0 Å². The van der Waals surface area contributed by atoms with Crippen LogP contribution in [0.4, 0.5) is 20.7 Å². The highest BCUT2D eigenvalue weighted by Gasteiger charge is 2.34. The molecule has 3 heterocycles. The molecule has 2 aromatic rings. The first-order valence-corrected chi connectivity index (χ1v) is 7.70. The first kappa shape index (κ1) is 16.2. The second-order valence-electron chi connectivity index (χ2n) is 5.92. The minimum Gasteiger partial charge on any atom is -0.349 e. The van der Waals surface area contributed by atoms with Gasteiger partial charge in [0, 0.05) is 39.5 Å². The third-order valence-corrected chi connectivity index (χ3v) is 4.01. The molecule has 1 aliphatic rings. The lowest BCUT2D eigenvalue weighted by Gasteiger charge is -2.29. The lowest BCUT2D eigenvalue weighted by atomic mass is 10.2. The quantitative estimate of drug-likeness (QED) is 0.912. The second-order valence-corrected chi connectivity index (χ2v) is 5.92. The largest absolute Gasteiger partial charge is 0.349 e. The van der Waals surface area contributed by atoms with Crippen molar-refractivity contribution in [2.75, 3.05) is 30.4 Å². The molecule has 0 aromatic carbocycles. The van der Waals surface area contributed by atoms with E-state index in [1.807, 2.05) is 4.90 Å². The maximum atomic E-state index is 13.9. The van der Waals surface area contributed by atoms with Crippen molar-refractivity contribution in [3.63, 3.8) is 0 Å². The number of amides is 2. The van der Waals surface area contributed by atoms with Crippen molar-refractivity contribution < 1.29 is 9.18 Å². The van der Waals surface area contributed by atoms with Gasteiger partial charge in [0.1, 0.15) is 18.3 Å². The first-order chi connectivity index (χ1) is 11.5.